The van der Waals surface area contributed by atoms with Gasteiger partial charge in [0.15, 0.2) is 0 Å². The molecule has 9 heteroatoms. The molecule has 7 nitrogen and oxygen atoms in total. The summed E-state index contributed by atoms with van der Waals surface area (Å²) < 4.78 is 48.3. The van der Waals surface area contributed by atoms with Gasteiger partial charge in [0.1, 0.15) is 4.90 Å². The van der Waals surface area contributed by atoms with E-state index in [0.29, 0.717) is 18.9 Å². The van der Waals surface area contributed by atoms with E-state index in [9.17, 15) is 12.6 Å². The Morgan fingerprint density at radius 3 is 2.59 bits per heavy atom. The van der Waals surface area contributed by atoms with E-state index in [1.54, 1.807) is 7.05 Å². The van der Waals surface area contributed by atoms with Crippen molar-refractivity contribution in [3.8, 4) is 0 Å². The van der Waals surface area contributed by atoms with Gasteiger partial charge >= 0.3 is 0 Å². The zero-order valence-electron chi connectivity index (χ0n) is 12.6. The molecule has 0 atom stereocenters. The molecule has 1 saturated carbocycles. The van der Waals surface area contributed by atoms with Gasteiger partial charge in [-0.2, -0.15) is 13.5 Å². The average Bonchev–Trinajstić information content (AvgIpc) is 3.07. The van der Waals surface area contributed by atoms with Crippen LogP contribution in [0, 0.1) is 0 Å². The first-order valence-electron chi connectivity index (χ1n) is 7.50. The van der Waals surface area contributed by atoms with Crippen LogP contribution in [0.2, 0.25) is 0 Å². The molecule has 1 saturated heterocycles. The van der Waals surface area contributed by atoms with Gasteiger partial charge in [0, 0.05) is 19.2 Å². The van der Waals surface area contributed by atoms with Gasteiger partial charge in [-0.25, -0.2) is 4.21 Å². The Morgan fingerprint density at radius 1 is 1.32 bits per heavy atom. The zero-order chi connectivity index (χ0) is 15.8. The molecule has 2 aliphatic rings. The van der Waals surface area contributed by atoms with Crippen molar-refractivity contribution >= 4 is 19.8 Å². The lowest BCUT2D eigenvalue weighted by atomic mass is 10.1. The number of ether oxygens (including phenoxy) is 1. The third kappa shape index (κ3) is 3.21. The normalized spacial score (nSPS) is 22.8. The van der Waals surface area contributed by atoms with Crippen molar-refractivity contribution in [1.82, 2.24) is 9.78 Å². The van der Waals surface area contributed by atoms with Crippen LogP contribution in [-0.2, 0) is 31.5 Å². The Kier molecular flexibility index (Phi) is 4.30. The molecule has 0 radical (unpaired) electrons. The molecule has 0 unspecified atom stereocenters. The zero-order valence-corrected chi connectivity index (χ0v) is 14.2. The molecule has 0 N–H and O–H groups in total. The van der Waals surface area contributed by atoms with Crippen molar-refractivity contribution in [3.05, 3.63) is 11.9 Å². The minimum atomic E-state index is -3.95. The van der Waals surface area contributed by atoms with Gasteiger partial charge in [-0.15, -0.1) is 3.77 Å². The molecule has 1 aromatic heterocycles. The Morgan fingerprint density at radius 2 is 1.95 bits per heavy atom. The van der Waals surface area contributed by atoms with Crippen LogP contribution in [0.3, 0.4) is 0 Å². The summed E-state index contributed by atoms with van der Waals surface area (Å²) in [5.74, 6) is 0.504. The molecule has 2 fully saturated rings. The molecule has 124 valence electrons. The topological polar surface area (TPSA) is 90.6 Å². The van der Waals surface area contributed by atoms with Crippen molar-refractivity contribution in [3.63, 3.8) is 0 Å². The average molecular weight is 347 g/mol. The van der Waals surface area contributed by atoms with Crippen molar-refractivity contribution in [2.75, 3.05) is 24.7 Å². The highest BCUT2D eigenvalue weighted by Crippen LogP contribution is 2.36. The predicted molar refractivity (Wildman–Crippen MR) is 82.7 cm³/mol. The van der Waals surface area contributed by atoms with E-state index in [1.165, 1.54) is 10.9 Å². The molecular formula is C13H21N3O4S2. The Balaban J connectivity index is 2.02. The van der Waals surface area contributed by atoms with Gasteiger partial charge in [-0.1, -0.05) is 12.8 Å². The lowest BCUT2D eigenvalue weighted by Gasteiger charge is -2.16. The standard InChI is InChI=1S/C13H21N3O4S2/c1-16-10-12(13(14-16)11-4-2-3-5-11)22(18,19)15-21(17)8-6-20-7-9-21/h10-11H,2-9H2,1H3. The van der Waals surface area contributed by atoms with Crippen molar-refractivity contribution < 1.29 is 17.4 Å². The van der Waals surface area contributed by atoms with E-state index in [-0.39, 0.29) is 22.3 Å². The van der Waals surface area contributed by atoms with E-state index >= 15 is 0 Å². The molecule has 1 aromatic rings. The highest BCUT2D eigenvalue weighted by atomic mass is 32.3. The van der Waals surface area contributed by atoms with Crippen LogP contribution < -0.4 is 0 Å². The quantitative estimate of drug-likeness (QED) is 0.821. The summed E-state index contributed by atoms with van der Waals surface area (Å²) in [4.78, 5) is 0.121. The number of hydrogen-bond donors (Lipinski definition) is 0. The Bertz CT molecular complexity index is 757. The monoisotopic (exact) mass is 347 g/mol. The number of sulfonamides is 1. The van der Waals surface area contributed by atoms with Crippen LogP contribution in [0.25, 0.3) is 0 Å². The molecule has 1 aliphatic heterocycles. The van der Waals surface area contributed by atoms with Crippen LogP contribution in [-0.4, -0.2) is 47.1 Å². The largest absolute Gasteiger partial charge is 0.379 e. The highest BCUT2D eigenvalue weighted by molar-refractivity contribution is 8.03. The molecule has 3 rings (SSSR count). The Labute approximate surface area is 131 Å². The molecule has 0 spiro atoms. The summed E-state index contributed by atoms with van der Waals surface area (Å²) in [5.41, 5.74) is 0.582. The molecular weight excluding hydrogens is 326 g/mol. The Hall–Kier alpha value is -0.930. The summed E-state index contributed by atoms with van der Waals surface area (Å²) in [6.45, 7) is 0.584. The van der Waals surface area contributed by atoms with E-state index in [2.05, 4.69) is 8.87 Å². The molecule has 0 aromatic carbocycles. The van der Waals surface area contributed by atoms with Crippen molar-refractivity contribution in [1.29, 1.82) is 0 Å². The van der Waals surface area contributed by atoms with Gasteiger partial charge in [0.25, 0.3) is 10.0 Å². The molecule has 2 heterocycles. The summed E-state index contributed by atoms with van der Waals surface area (Å²) >= 11 is 0. The fourth-order valence-electron chi connectivity index (χ4n) is 3.04. The van der Waals surface area contributed by atoms with Gasteiger partial charge in [0.2, 0.25) is 0 Å². The lowest BCUT2D eigenvalue weighted by Crippen LogP contribution is -2.26. The van der Waals surface area contributed by atoms with Crippen molar-refractivity contribution in [2.24, 2.45) is 10.8 Å². The maximum absolute atomic E-state index is 12.7. The molecule has 22 heavy (non-hydrogen) atoms. The first kappa shape index (κ1) is 15.9. The van der Waals surface area contributed by atoms with Crippen molar-refractivity contribution in [2.45, 2.75) is 36.5 Å². The van der Waals surface area contributed by atoms with Crippen LogP contribution in [0.1, 0.15) is 37.3 Å². The number of hydrogen-bond acceptors (Lipinski definition) is 5. The van der Waals surface area contributed by atoms with Crippen LogP contribution >= 0.6 is 0 Å². The molecule has 1 aliphatic carbocycles. The first-order chi connectivity index (χ1) is 10.4. The second-order valence-electron chi connectivity index (χ2n) is 5.88. The smallest absolute Gasteiger partial charge is 0.293 e. The van der Waals surface area contributed by atoms with E-state index in [1.807, 2.05) is 0 Å². The number of rotatable bonds is 3. The van der Waals surface area contributed by atoms with E-state index in [0.717, 1.165) is 25.7 Å². The third-order valence-corrected chi connectivity index (χ3v) is 8.52. The predicted octanol–water partition coefficient (Wildman–Crippen LogP) is 1.26. The minimum Gasteiger partial charge on any atom is -0.379 e. The third-order valence-electron chi connectivity index (χ3n) is 4.17. The number of nitrogens with zero attached hydrogens (tertiary/aromatic N) is 3. The summed E-state index contributed by atoms with van der Waals surface area (Å²) in [7, 11) is -5.01. The van der Waals surface area contributed by atoms with Crippen LogP contribution in [0.4, 0.5) is 0 Å². The van der Waals surface area contributed by atoms with Crippen LogP contribution in [0.5, 0.6) is 0 Å². The summed E-state index contributed by atoms with van der Waals surface area (Å²) in [5, 5.41) is 4.33. The van der Waals surface area contributed by atoms with Gasteiger partial charge < -0.3 is 4.74 Å². The number of aromatic nitrogens is 2. The van der Waals surface area contributed by atoms with E-state index < -0.39 is 19.8 Å². The van der Waals surface area contributed by atoms with Gasteiger partial charge in [-0.05, 0) is 12.8 Å². The first-order valence-corrected chi connectivity index (χ1v) is 10.8. The molecule has 0 bridgehead atoms. The molecule has 0 amide bonds. The fraction of sp³-hybridized carbons (Fsp3) is 0.769. The summed E-state index contributed by atoms with van der Waals surface area (Å²) in [6.07, 6.45) is 5.55. The maximum atomic E-state index is 12.7. The second kappa shape index (κ2) is 5.93. The second-order valence-corrected chi connectivity index (χ2v) is 10.2. The highest BCUT2D eigenvalue weighted by Gasteiger charge is 2.30. The summed E-state index contributed by atoms with van der Waals surface area (Å²) in [6, 6.07) is 0. The SMILES string of the molecule is Cn1cc(S(=O)(=O)N=S2(=O)CCOCC2)c(C2CCCC2)n1. The lowest BCUT2D eigenvalue weighted by molar-refractivity contribution is 0.158. The fourth-order valence-corrected chi connectivity index (χ4v) is 7.11. The van der Waals surface area contributed by atoms with E-state index in [4.69, 9.17) is 4.74 Å². The van der Waals surface area contributed by atoms with Crippen LogP contribution in [0.15, 0.2) is 14.9 Å². The maximum Gasteiger partial charge on any atom is 0.293 e. The van der Waals surface area contributed by atoms with Gasteiger partial charge in [0.05, 0.1) is 40.1 Å². The number of aryl methyl sites for hydroxylation is 1. The minimum absolute atomic E-state index is 0.121. The van der Waals surface area contributed by atoms with Gasteiger partial charge in [-0.3, -0.25) is 4.68 Å².